The van der Waals surface area contributed by atoms with E-state index in [-0.39, 0.29) is 18.2 Å². The Hall–Kier alpha value is -1.83. The fourth-order valence-corrected chi connectivity index (χ4v) is 1.61. The molecule has 2 amide bonds. The highest BCUT2D eigenvalue weighted by Gasteiger charge is 2.23. The molecule has 86 valence electrons. The van der Waals surface area contributed by atoms with Gasteiger partial charge in [0.15, 0.2) is 0 Å². The van der Waals surface area contributed by atoms with Gasteiger partial charge in [-0.2, -0.15) is 5.26 Å². The lowest BCUT2D eigenvalue weighted by atomic mass is 10.2. The summed E-state index contributed by atoms with van der Waals surface area (Å²) < 4.78 is 0. The highest BCUT2D eigenvalue weighted by molar-refractivity contribution is 5.92. The predicted molar refractivity (Wildman–Crippen MR) is 58.2 cm³/mol. The van der Waals surface area contributed by atoms with E-state index < -0.39 is 0 Å². The van der Waals surface area contributed by atoms with E-state index in [1.807, 2.05) is 6.07 Å². The fourth-order valence-electron chi connectivity index (χ4n) is 1.61. The summed E-state index contributed by atoms with van der Waals surface area (Å²) in [6, 6.07) is 1.83. The highest BCUT2D eigenvalue weighted by atomic mass is 16.2. The molecule has 0 aromatic heterocycles. The Morgan fingerprint density at radius 3 is 2.19 bits per heavy atom. The van der Waals surface area contributed by atoms with Gasteiger partial charge in [0.1, 0.15) is 6.42 Å². The second kappa shape index (κ2) is 5.31. The quantitative estimate of drug-likeness (QED) is 0.623. The summed E-state index contributed by atoms with van der Waals surface area (Å²) in [7, 11) is 0. The van der Waals surface area contributed by atoms with Crippen molar-refractivity contribution in [2.24, 2.45) is 0 Å². The van der Waals surface area contributed by atoms with Crippen LogP contribution in [0.15, 0.2) is 12.2 Å². The van der Waals surface area contributed by atoms with Gasteiger partial charge in [0.05, 0.1) is 6.07 Å². The Balaban J connectivity index is 2.46. The number of piperazine rings is 1. The minimum atomic E-state index is -0.162. The molecule has 0 bridgehead atoms. The van der Waals surface area contributed by atoms with Gasteiger partial charge in [0.25, 0.3) is 0 Å². The van der Waals surface area contributed by atoms with E-state index in [9.17, 15) is 9.59 Å². The number of nitriles is 1. The van der Waals surface area contributed by atoms with Crippen LogP contribution in [0.1, 0.15) is 13.3 Å². The van der Waals surface area contributed by atoms with Gasteiger partial charge < -0.3 is 9.80 Å². The monoisotopic (exact) mass is 221 g/mol. The van der Waals surface area contributed by atoms with Crippen molar-refractivity contribution in [1.82, 2.24) is 9.80 Å². The van der Waals surface area contributed by atoms with Gasteiger partial charge in [-0.25, -0.2) is 0 Å². The molecule has 1 aliphatic heterocycles. The standard InChI is InChI=1S/C11H15N3O2/c1-9(2)11(16)14-7-5-13(6-8-14)10(15)3-4-12/h1,3,5-8H2,2H3. The van der Waals surface area contributed by atoms with Crippen LogP contribution in [-0.2, 0) is 9.59 Å². The Kier molecular flexibility index (Phi) is 4.06. The minimum Gasteiger partial charge on any atom is -0.338 e. The second-order valence-corrected chi connectivity index (χ2v) is 3.79. The topological polar surface area (TPSA) is 64.4 Å². The van der Waals surface area contributed by atoms with Gasteiger partial charge in [-0.15, -0.1) is 0 Å². The third-order valence-corrected chi connectivity index (χ3v) is 2.51. The molecule has 0 saturated carbocycles. The predicted octanol–water partition coefficient (Wildman–Crippen LogP) is 0.147. The van der Waals surface area contributed by atoms with Crippen LogP contribution in [0.2, 0.25) is 0 Å². The molecule has 0 unspecified atom stereocenters. The average Bonchev–Trinajstić information content (AvgIpc) is 2.28. The minimum absolute atomic E-state index is 0.0626. The number of amides is 2. The zero-order chi connectivity index (χ0) is 12.1. The Morgan fingerprint density at radius 2 is 1.75 bits per heavy atom. The van der Waals surface area contributed by atoms with Crippen LogP contribution in [-0.4, -0.2) is 47.8 Å². The van der Waals surface area contributed by atoms with Crippen molar-refractivity contribution in [3.8, 4) is 6.07 Å². The van der Waals surface area contributed by atoms with Gasteiger partial charge in [0, 0.05) is 31.8 Å². The fraction of sp³-hybridized carbons (Fsp3) is 0.545. The number of carbonyl (C=O) groups is 2. The SMILES string of the molecule is C=C(C)C(=O)N1CCN(C(=O)CC#N)CC1. The van der Waals surface area contributed by atoms with E-state index >= 15 is 0 Å². The molecule has 5 nitrogen and oxygen atoms in total. The molecule has 0 spiro atoms. The molecule has 0 radical (unpaired) electrons. The maximum Gasteiger partial charge on any atom is 0.249 e. The van der Waals surface area contributed by atoms with Crippen LogP contribution in [0.5, 0.6) is 0 Å². The molecule has 0 aromatic rings. The van der Waals surface area contributed by atoms with Crippen LogP contribution in [0.4, 0.5) is 0 Å². The second-order valence-electron chi connectivity index (χ2n) is 3.79. The van der Waals surface area contributed by atoms with E-state index in [4.69, 9.17) is 5.26 Å². The summed E-state index contributed by atoms with van der Waals surface area (Å²) in [4.78, 5) is 26.3. The van der Waals surface area contributed by atoms with Crippen molar-refractivity contribution in [3.63, 3.8) is 0 Å². The van der Waals surface area contributed by atoms with Crippen molar-refractivity contribution >= 4 is 11.8 Å². The molecule has 0 aromatic carbocycles. The molecule has 5 heteroatoms. The van der Waals surface area contributed by atoms with Crippen LogP contribution in [0, 0.1) is 11.3 Å². The van der Waals surface area contributed by atoms with Crippen molar-refractivity contribution in [2.45, 2.75) is 13.3 Å². The molecule has 1 heterocycles. The Labute approximate surface area is 94.9 Å². The summed E-state index contributed by atoms with van der Waals surface area (Å²) in [5.74, 6) is -0.225. The molecule has 1 fully saturated rings. The smallest absolute Gasteiger partial charge is 0.249 e. The summed E-state index contributed by atoms with van der Waals surface area (Å²) in [5, 5.41) is 8.41. The molecule has 1 aliphatic rings. The lowest BCUT2D eigenvalue weighted by Gasteiger charge is -2.34. The molecular formula is C11H15N3O2. The molecular weight excluding hydrogens is 206 g/mol. The lowest BCUT2D eigenvalue weighted by molar-refractivity contribution is -0.136. The van der Waals surface area contributed by atoms with E-state index in [1.54, 1.807) is 16.7 Å². The van der Waals surface area contributed by atoms with Gasteiger partial charge in [-0.1, -0.05) is 6.58 Å². The van der Waals surface area contributed by atoms with E-state index in [0.29, 0.717) is 31.8 Å². The van der Waals surface area contributed by atoms with Gasteiger partial charge in [-0.05, 0) is 6.92 Å². The molecule has 16 heavy (non-hydrogen) atoms. The van der Waals surface area contributed by atoms with Crippen LogP contribution in [0.3, 0.4) is 0 Å². The number of hydrogen-bond donors (Lipinski definition) is 0. The summed E-state index contributed by atoms with van der Waals surface area (Å²) in [6.07, 6.45) is -0.0889. The normalized spacial score (nSPS) is 15.5. The summed E-state index contributed by atoms with van der Waals surface area (Å²) >= 11 is 0. The van der Waals surface area contributed by atoms with E-state index in [0.717, 1.165) is 0 Å². The third kappa shape index (κ3) is 2.83. The molecule has 0 N–H and O–H groups in total. The van der Waals surface area contributed by atoms with Crippen LogP contribution < -0.4 is 0 Å². The zero-order valence-corrected chi connectivity index (χ0v) is 9.40. The van der Waals surface area contributed by atoms with Crippen molar-refractivity contribution in [2.75, 3.05) is 26.2 Å². The number of hydrogen-bond acceptors (Lipinski definition) is 3. The van der Waals surface area contributed by atoms with Crippen molar-refractivity contribution in [3.05, 3.63) is 12.2 Å². The van der Waals surface area contributed by atoms with E-state index in [1.165, 1.54) is 0 Å². The number of rotatable bonds is 2. The maximum atomic E-state index is 11.6. The maximum absolute atomic E-state index is 11.6. The van der Waals surface area contributed by atoms with Gasteiger partial charge in [0.2, 0.25) is 11.8 Å². The van der Waals surface area contributed by atoms with Crippen LogP contribution >= 0.6 is 0 Å². The first-order chi connectivity index (χ1) is 7.56. The Bertz CT molecular complexity index is 349. The zero-order valence-electron chi connectivity index (χ0n) is 9.40. The van der Waals surface area contributed by atoms with Gasteiger partial charge >= 0.3 is 0 Å². The van der Waals surface area contributed by atoms with Gasteiger partial charge in [-0.3, -0.25) is 9.59 Å². The summed E-state index contributed by atoms with van der Waals surface area (Å²) in [5.41, 5.74) is 0.511. The van der Waals surface area contributed by atoms with Crippen molar-refractivity contribution in [1.29, 1.82) is 5.26 Å². The van der Waals surface area contributed by atoms with E-state index in [2.05, 4.69) is 6.58 Å². The molecule has 0 aliphatic carbocycles. The molecule has 1 saturated heterocycles. The van der Waals surface area contributed by atoms with Crippen molar-refractivity contribution < 1.29 is 9.59 Å². The first-order valence-corrected chi connectivity index (χ1v) is 5.15. The molecule has 1 rings (SSSR count). The molecule has 0 atom stereocenters. The lowest BCUT2D eigenvalue weighted by Crippen LogP contribution is -2.50. The van der Waals surface area contributed by atoms with Crippen LogP contribution in [0.25, 0.3) is 0 Å². The first-order valence-electron chi connectivity index (χ1n) is 5.15. The largest absolute Gasteiger partial charge is 0.338 e. The third-order valence-electron chi connectivity index (χ3n) is 2.51. The first kappa shape index (κ1) is 12.2. The summed E-state index contributed by atoms with van der Waals surface area (Å²) in [6.45, 7) is 7.31. The Morgan fingerprint density at radius 1 is 1.25 bits per heavy atom. The highest BCUT2D eigenvalue weighted by Crippen LogP contribution is 2.06. The number of carbonyl (C=O) groups excluding carboxylic acids is 2. The average molecular weight is 221 g/mol. The number of nitrogens with zero attached hydrogens (tertiary/aromatic N) is 3.